The molecule has 6 heteroatoms. The van der Waals surface area contributed by atoms with Crippen molar-refractivity contribution >= 4 is 28.8 Å². The fourth-order valence-electron chi connectivity index (χ4n) is 3.16. The van der Waals surface area contributed by atoms with Gasteiger partial charge in [0, 0.05) is 13.1 Å². The second kappa shape index (κ2) is 5.05. The Morgan fingerprint density at radius 3 is 2.26 bits per heavy atom. The molecular weight excluding hydrogens is 286 g/mol. The average Bonchev–Trinajstić information content (AvgIpc) is 2.95. The van der Waals surface area contributed by atoms with Crippen LogP contribution in [0, 0.1) is 11.8 Å². The van der Waals surface area contributed by atoms with Gasteiger partial charge in [-0.25, -0.2) is 0 Å². The van der Waals surface area contributed by atoms with Gasteiger partial charge in [0.2, 0.25) is 0 Å². The maximum Gasteiger partial charge on any atom is 0.263 e. The van der Waals surface area contributed by atoms with E-state index in [0.29, 0.717) is 47.0 Å². The van der Waals surface area contributed by atoms with Crippen LogP contribution in [0.15, 0.2) is 12.1 Å². The van der Waals surface area contributed by atoms with Crippen LogP contribution in [0.5, 0.6) is 0 Å². The highest BCUT2D eigenvalue weighted by atomic mass is 35.5. The Morgan fingerprint density at radius 1 is 1.21 bits per heavy atom. The molecule has 0 unspecified atom stereocenters. The molecule has 2 heterocycles. The summed E-state index contributed by atoms with van der Waals surface area (Å²) in [5, 5.41) is 19.4. The Hall–Kier alpha value is -0.620. The number of halogens is 1. The molecule has 0 bridgehead atoms. The number of nitrogens with zero attached hydrogens (tertiary/aromatic N) is 1. The van der Waals surface area contributed by atoms with Gasteiger partial charge in [0.15, 0.2) is 0 Å². The Kier molecular flexibility index (Phi) is 3.55. The van der Waals surface area contributed by atoms with E-state index in [1.54, 1.807) is 12.1 Å². The molecule has 0 aromatic carbocycles. The first-order valence-electron chi connectivity index (χ1n) is 6.45. The molecule has 3 rings (SSSR count). The van der Waals surface area contributed by atoms with Crippen LogP contribution in [0.1, 0.15) is 22.5 Å². The zero-order valence-corrected chi connectivity index (χ0v) is 11.9. The predicted octanol–water partition coefficient (Wildman–Crippen LogP) is 1.61. The Balaban J connectivity index is 1.70. The molecule has 104 valence electrons. The molecule has 2 fully saturated rings. The van der Waals surface area contributed by atoms with E-state index in [9.17, 15) is 15.0 Å². The molecule has 1 saturated heterocycles. The van der Waals surface area contributed by atoms with E-state index < -0.39 is 12.2 Å². The molecule has 1 aliphatic carbocycles. The third-order valence-electron chi connectivity index (χ3n) is 4.18. The zero-order valence-electron chi connectivity index (χ0n) is 10.3. The standard InChI is InChI=1S/C13H16ClNO3S/c14-12-2-1-11(19-12)13(18)15-5-7-3-9(16)10(17)4-8(7)6-15/h1-2,7-10,16-17H,3-6H2/t7-,8+,9-,10-/m0/s1. The van der Waals surface area contributed by atoms with Crippen LogP contribution in [0.3, 0.4) is 0 Å². The van der Waals surface area contributed by atoms with E-state index in [0.717, 1.165) is 0 Å². The number of aliphatic hydroxyl groups excluding tert-OH is 2. The molecule has 0 radical (unpaired) electrons. The van der Waals surface area contributed by atoms with Crippen molar-refractivity contribution in [3.8, 4) is 0 Å². The van der Waals surface area contributed by atoms with Gasteiger partial charge in [-0.15, -0.1) is 11.3 Å². The van der Waals surface area contributed by atoms with Crippen molar-refractivity contribution in [3.63, 3.8) is 0 Å². The van der Waals surface area contributed by atoms with Gasteiger partial charge >= 0.3 is 0 Å². The lowest BCUT2D eigenvalue weighted by atomic mass is 9.79. The summed E-state index contributed by atoms with van der Waals surface area (Å²) in [6, 6.07) is 3.48. The normalized spacial score (nSPS) is 34.4. The maximum absolute atomic E-state index is 12.3. The summed E-state index contributed by atoms with van der Waals surface area (Å²) >= 11 is 7.15. The van der Waals surface area contributed by atoms with Crippen molar-refractivity contribution in [3.05, 3.63) is 21.3 Å². The van der Waals surface area contributed by atoms with Crippen LogP contribution in [-0.4, -0.2) is 46.3 Å². The minimum absolute atomic E-state index is 0.00952. The summed E-state index contributed by atoms with van der Waals surface area (Å²) in [5.74, 6) is 0.617. The van der Waals surface area contributed by atoms with E-state index in [-0.39, 0.29) is 5.91 Å². The highest BCUT2D eigenvalue weighted by molar-refractivity contribution is 7.17. The number of likely N-dealkylation sites (tertiary alicyclic amines) is 1. The van der Waals surface area contributed by atoms with Crippen LogP contribution in [0.4, 0.5) is 0 Å². The summed E-state index contributed by atoms with van der Waals surface area (Å²) in [6.07, 6.45) is -0.123. The van der Waals surface area contributed by atoms with E-state index in [1.807, 2.05) is 4.90 Å². The molecule has 1 saturated carbocycles. The molecule has 0 spiro atoms. The monoisotopic (exact) mass is 301 g/mol. The number of thiophene rings is 1. The van der Waals surface area contributed by atoms with E-state index in [2.05, 4.69) is 0 Å². The lowest BCUT2D eigenvalue weighted by molar-refractivity contribution is -0.0372. The van der Waals surface area contributed by atoms with E-state index in [1.165, 1.54) is 11.3 Å². The molecule has 2 aliphatic rings. The van der Waals surface area contributed by atoms with Crippen molar-refractivity contribution in [1.82, 2.24) is 4.90 Å². The second-order valence-electron chi connectivity index (χ2n) is 5.44. The highest BCUT2D eigenvalue weighted by Crippen LogP contribution is 2.37. The molecule has 1 aliphatic heterocycles. The Morgan fingerprint density at radius 2 is 1.79 bits per heavy atom. The summed E-state index contributed by atoms with van der Waals surface area (Å²) < 4.78 is 0.616. The molecule has 19 heavy (non-hydrogen) atoms. The SMILES string of the molecule is O=C(c1ccc(Cl)s1)N1C[C@H]2C[C@H](O)[C@@H](O)C[C@H]2C1. The molecule has 1 aromatic rings. The second-order valence-corrected chi connectivity index (χ2v) is 7.16. The number of carbonyl (C=O) groups is 1. The first-order chi connectivity index (χ1) is 9.04. The summed E-state index contributed by atoms with van der Waals surface area (Å²) in [6.45, 7) is 1.34. The van der Waals surface area contributed by atoms with E-state index in [4.69, 9.17) is 11.6 Å². The first kappa shape index (κ1) is 13.4. The number of aliphatic hydroxyl groups is 2. The fraction of sp³-hybridized carbons (Fsp3) is 0.615. The topological polar surface area (TPSA) is 60.8 Å². The van der Waals surface area contributed by atoms with Gasteiger partial charge in [0.05, 0.1) is 21.4 Å². The number of hydrogen-bond donors (Lipinski definition) is 2. The highest BCUT2D eigenvalue weighted by Gasteiger charge is 2.42. The molecule has 4 atom stereocenters. The minimum Gasteiger partial charge on any atom is -0.390 e. The molecule has 2 N–H and O–H groups in total. The predicted molar refractivity (Wildman–Crippen MR) is 73.5 cm³/mol. The number of rotatable bonds is 1. The number of amides is 1. The summed E-state index contributed by atoms with van der Waals surface area (Å²) in [4.78, 5) is 14.8. The summed E-state index contributed by atoms with van der Waals surface area (Å²) in [7, 11) is 0. The Bertz CT molecular complexity index is 474. The van der Waals surface area contributed by atoms with Crippen molar-refractivity contribution in [2.24, 2.45) is 11.8 Å². The van der Waals surface area contributed by atoms with Gasteiger partial charge in [0.1, 0.15) is 0 Å². The van der Waals surface area contributed by atoms with Crippen molar-refractivity contribution in [2.45, 2.75) is 25.0 Å². The number of fused-ring (bicyclic) bond motifs is 1. The van der Waals surface area contributed by atoms with Crippen LogP contribution >= 0.6 is 22.9 Å². The molecule has 1 amide bonds. The minimum atomic E-state index is -0.646. The van der Waals surface area contributed by atoms with Crippen LogP contribution in [0.2, 0.25) is 4.34 Å². The third kappa shape index (κ3) is 2.52. The van der Waals surface area contributed by atoms with Gasteiger partial charge in [-0.1, -0.05) is 11.6 Å². The largest absolute Gasteiger partial charge is 0.390 e. The zero-order chi connectivity index (χ0) is 13.6. The van der Waals surface area contributed by atoms with Crippen molar-refractivity contribution in [2.75, 3.05) is 13.1 Å². The summed E-state index contributed by atoms with van der Waals surface area (Å²) in [5.41, 5.74) is 0. The van der Waals surface area contributed by atoms with Gasteiger partial charge in [-0.05, 0) is 36.8 Å². The van der Waals surface area contributed by atoms with Gasteiger partial charge in [0.25, 0.3) is 5.91 Å². The molecular formula is C13H16ClNO3S. The van der Waals surface area contributed by atoms with Crippen LogP contribution in [-0.2, 0) is 0 Å². The smallest absolute Gasteiger partial charge is 0.263 e. The number of carbonyl (C=O) groups excluding carboxylic acids is 1. The van der Waals surface area contributed by atoms with Gasteiger partial charge in [-0.3, -0.25) is 4.79 Å². The molecule has 1 aromatic heterocycles. The lowest BCUT2D eigenvalue weighted by Crippen LogP contribution is -2.38. The van der Waals surface area contributed by atoms with Gasteiger partial charge in [-0.2, -0.15) is 0 Å². The van der Waals surface area contributed by atoms with E-state index >= 15 is 0 Å². The maximum atomic E-state index is 12.3. The third-order valence-corrected chi connectivity index (χ3v) is 5.40. The quantitative estimate of drug-likeness (QED) is 0.828. The average molecular weight is 302 g/mol. The van der Waals surface area contributed by atoms with Crippen molar-refractivity contribution in [1.29, 1.82) is 0 Å². The Labute approximate surface area is 120 Å². The van der Waals surface area contributed by atoms with Crippen molar-refractivity contribution < 1.29 is 15.0 Å². The lowest BCUT2D eigenvalue weighted by Gasteiger charge is -2.31. The fourth-order valence-corrected chi connectivity index (χ4v) is 4.17. The van der Waals surface area contributed by atoms with Gasteiger partial charge < -0.3 is 15.1 Å². The van der Waals surface area contributed by atoms with Crippen LogP contribution < -0.4 is 0 Å². The van der Waals surface area contributed by atoms with Crippen LogP contribution in [0.25, 0.3) is 0 Å². The first-order valence-corrected chi connectivity index (χ1v) is 7.65. The molecule has 4 nitrogen and oxygen atoms in total. The number of hydrogen-bond acceptors (Lipinski definition) is 4.